The van der Waals surface area contributed by atoms with Crippen molar-refractivity contribution in [2.75, 3.05) is 20.2 Å². The van der Waals surface area contributed by atoms with Crippen LogP contribution < -0.4 is 4.74 Å². The Morgan fingerprint density at radius 2 is 1.80 bits per heavy atom. The zero-order chi connectivity index (χ0) is 24.6. The first-order valence-electron chi connectivity index (χ1n) is 12.7. The van der Waals surface area contributed by atoms with Crippen LogP contribution in [0, 0.1) is 0 Å². The third-order valence-corrected chi connectivity index (χ3v) is 9.03. The van der Waals surface area contributed by atoms with E-state index >= 15 is 0 Å². The van der Waals surface area contributed by atoms with Gasteiger partial charge in [-0.3, -0.25) is 4.79 Å². The van der Waals surface area contributed by atoms with Crippen molar-refractivity contribution in [1.29, 1.82) is 0 Å². The van der Waals surface area contributed by atoms with E-state index in [2.05, 4.69) is 22.9 Å². The summed E-state index contributed by atoms with van der Waals surface area (Å²) in [6.07, 6.45) is 8.36. The number of thioether (sulfide) groups is 1. The highest BCUT2D eigenvalue weighted by Gasteiger charge is 2.34. The number of aromatic hydroxyl groups is 2. The van der Waals surface area contributed by atoms with E-state index in [-0.39, 0.29) is 22.3 Å². The van der Waals surface area contributed by atoms with Crippen LogP contribution in [0.4, 0.5) is 0 Å². The smallest absolute Gasteiger partial charge is 0.262 e. The molecule has 1 saturated heterocycles. The molecule has 35 heavy (non-hydrogen) atoms. The van der Waals surface area contributed by atoms with Crippen LogP contribution >= 0.6 is 11.8 Å². The number of likely N-dealkylation sites (tertiary alicyclic amines) is 1. The van der Waals surface area contributed by atoms with Crippen molar-refractivity contribution in [2.45, 2.75) is 69.0 Å². The van der Waals surface area contributed by atoms with Gasteiger partial charge in [-0.15, -0.1) is 0 Å². The second-order valence-corrected chi connectivity index (χ2v) is 11.4. The molecule has 3 aliphatic rings. The second kappa shape index (κ2) is 9.76. The van der Waals surface area contributed by atoms with Crippen molar-refractivity contribution in [2.24, 2.45) is 4.99 Å². The number of hydrogen-bond acceptors (Lipinski definition) is 6. The molecule has 2 aromatic rings. The second-order valence-electron chi connectivity index (χ2n) is 10.3. The van der Waals surface area contributed by atoms with E-state index in [1.165, 1.54) is 38.1 Å². The Hall–Kier alpha value is -2.67. The van der Waals surface area contributed by atoms with Gasteiger partial charge in [0, 0.05) is 18.7 Å². The van der Waals surface area contributed by atoms with Crippen molar-refractivity contribution < 1.29 is 19.7 Å². The molecule has 0 spiro atoms. The van der Waals surface area contributed by atoms with Crippen LogP contribution in [0.2, 0.25) is 0 Å². The lowest BCUT2D eigenvalue weighted by Gasteiger charge is -2.35. The molecular formula is C28H34N2O4S. The minimum absolute atomic E-state index is 0.0433. The lowest BCUT2D eigenvalue weighted by Crippen LogP contribution is -2.25. The fourth-order valence-electron chi connectivity index (χ4n) is 5.70. The third-order valence-electron chi connectivity index (χ3n) is 7.82. The number of carbonyl (C=O) groups excluding carboxylic acids is 1. The van der Waals surface area contributed by atoms with Gasteiger partial charge in [0.05, 0.1) is 12.4 Å². The van der Waals surface area contributed by atoms with Gasteiger partial charge in [-0.2, -0.15) is 4.99 Å². The highest BCUT2D eigenvalue weighted by molar-refractivity contribution is 8.15. The number of amides is 1. The lowest BCUT2D eigenvalue weighted by atomic mass is 9.70. The molecule has 2 aliphatic heterocycles. The number of carbonyl (C=O) groups is 1. The van der Waals surface area contributed by atoms with E-state index < -0.39 is 0 Å². The molecule has 2 fully saturated rings. The first-order valence-corrected chi connectivity index (χ1v) is 13.5. The van der Waals surface area contributed by atoms with Crippen LogP contribution in [0.15, 0.2) is 35.3 Å². The van der Waals surface area contributed by atoms with Crippen LogP contribution in [0.25, 0.3) is 11.1 Å². The summed E-state index contributed by atoms with van der Waals surface area (Å²) < 4.78 is 5.50. The summed E-state index contributed by atoms with van der Waals surface area (Å²) in [5, 5.41) is 22.1. The van der Waals surface area contributed by atoms with Crippen molar-refractivity contribution >= 4 is 22.8 Å². The molecule has 1 amide bonds. The Bertz CT molecular complexity index is 1150. The van der Waals surface area contributed by atoms with E-state index in [0.717, 1.165) is 60.6 Å². The summed E-state index contributed by atoms with van der Waals surface area (Å²) in [4.78, 5) is 19.2. The van der Waals surface area contributed by atoms with Gasteiger partial charge in [0.15, 0.2) is 16.7 Å². The average molecular weight is 495 g/mol. The SMILES string of the molecule is COc1cc(-c2ccc(O)c(C3(C)CCCCC3)c2)cc(CC2SC(N3CCCC3)=NC2=O)c1O. The Morgan fingerprint density at radius 1 is 1.06 bits per heavy atom. The van der Waals surface area contributed by atoms with E-state index in [0.29, 0.717) is 23.5 Å². The molecule has 0 bridgehead atoms. The number of rotatable bonds is 5. The lowest BCUT2D eigenvalue weighted by molar-refractivity contribution is -0.117. The van der Waals surface area contributed by atoms with E-state index in [9.17, 15) is 15.0 Å². The molecule has 2 N–H and O–H groups in total. The minimum Gasteiger partial charge on any atom is -0.508 e. The van der Waals surface area contributed by atoms with Gasteiger partial charge >= 0.3 is 0 Å². The summed E-state index contributed by atoms with van der Waals surface area (Å²) in [5.41, 5.74) is 3.46. The van der Waals surface area contributed by atoms with Crippen LogP contribution in [0.5, 0.6) is 17.2 Å². The first-order chi connectivity index (χ1) is 16.9. The molecule has 186 valence electrons. The quantitative estimate of drug-likeness (QED) is 0.560. The van der Waals surface area contributed by atoms with Crippen molar-refractivity contribution in [3.63, 3.8) is 0 Å². The Labute approximate surface area is 211 Å². The number of aliphatic imine (C=N–C) groups is 1. The molecule has 0 radical (unpaired) electrons. The molecule has 1 unspecified atom stereocenters. The maximum Gasteiger partial charge on any atom is 0.262 e. The fraction of sp³-hybridized carbons (Fsp3) is 0.500. The monoisotopic (exact) mass is 494 g/mol. The first kappa shape index (κ1) is 24.0. The summed E-state index contributed by atoms with van der Waals surface area (Å²) in [7, 11) is 1.54. The van der Waals surface area contributed by atoms with E-state index in [4.69, 9.17) is 4.74 Å². The van der Waals surface area contributed by atoms with Crippen molar-refractivity contribution in [3.05, 3.63) is 41.5 Å². The van der Waals surface area contributed by atoms with Gasteiger partial charge in [0.2, 0.25) is 0 Å². The Morgan fingerprint density at radius 3 is 2.51 bits per heavy atom. The Balaban J connectivity index is 1.45. The summed E-state index contributed by atoms with van der Waals surface area (Å²) >= 11 is 1.50. The maximum absolute atomic E-state index is 12.7. The Kier molecular flexibility index (Phi) is 6.71. The highest BCUT2D eigenvalue weighted by Crippen LogP contribution is 2.45. The summed E-state index contributed by atoms with van der Waals surface area (Å²) in [6.45, 7) is 4.14. The van der Waals surface area contributed by atoms with Gasteiger partial charge in [-0.25, -0.2) is 0 Å². The largest absolute Gasteiger partial charge is 0.508 e. The third kappa shape index (κ3) is 4.75. The molecule has 2 heterocycles. The zero-order valence-corrected chi connectivity index (χ0v) is 21.4. The minimum atomic E-state index is -0.354. The predicted octanol–water partition coefficient (Wildman–Crippen LogP) is 5.63. The standard InChI is InChI=1S/C28H34N2O4S/c1-28(10-4-3-5-11-28)21-15-18(8-9-22(21)31)19-14-20(25(32)23(16-19)34-2)17-24-26(33)29-27(35-24)30-12-6-7-13-30/h8-9,14-16,24,31-32H,3-7,10-13,17H2,1-2H3. The number of ether oxygens (including phenoxy) is 1. The molecule has 7 heteroatoms. The fourth-order valence-corrected chi connectivity index (χ4v) is 6.84. The van der Waals surface area contributed by atoms with E-state index in [1.807, 2.05) is 18.2 Å². The van der Waals surface area contributed by atoms with Crippen LogP contribution in [-0.2, 0) is 16.6 Å². The van der Waals surface area contributed by atoms with Crippen molar-refractivity contribution in [3.8, 4) is 28.4 Å². The molecule has 0 aromatic heterocycles. The average Bonchev–Trinajstić information content (AvgIpc) is 3.51. The number of methoxy groups -OCH3 is 1. The maximum atomic E-state index is 12.7. The number of benzene rings is 2. The molecule has 1 atom stereocenters. The summed E-state index contributed by atoms with van der Waals surface area (Å²) in [5.74, 6) is 0.645. The number of nitrogens with zero attached hydrogens (tertiary/aromatic N) is 2. The molecule has 6 nitrogen and oxygen atoms in total. The van der Waals surface area contributed by atoms with Crippen molar-refractivity contribution in [1.82, 2.24) is 4.90 Å². The summed E-state index contributed by atoms with van der Waals surface area (Å²) in [6, 6.07) is 9.54. The predicted molar refractivity (Wildman–Crippen MR) is 141 cm³/mol. The molecule has 5 rings (SSSR count). The van der Waals surface area contributed by atoms with Gasteiger partial charge < -0.3 is 19.8 Å². The van der Waals surface area contributed by atoms with Crippen LogP contribution in [0.1, 0.15) is 63.0 Å². The molecule has 1 saturated carbocycles. The van der Waals surface area contributed by atoms with E-state index in [1.54, 1.807) is 6.07 Å². The highest BCUT2D eigenvalue weighted by atomic mass is 32.2. The van der Waals surface area contributed by atoms with Gasteiger partial charge in [-0.1, -0.05) is 44.0 Å². The van der Waals surface area contributed by atoms with Gasteiger partial charge in [0.1, 0.15) is 5.75 Å². The molecule has 1 aliphatic carbocycles. The van der Waals surface area contributed by atoms with Gasteiger partial charge in [-0.05, 0) is 78.5 Å². The normalized spacial score (nSPS) is 21.9. The molecular weight excluding hydrogens is 460 g/mol. The number of phenolic OH excluding ortho intramolecular Hbond substituents is 2. The van der Waals surface area contributed by atoms with Crippen LogP contribution in [-0.4, -0.2) is 51.6 Å². The number of amidine groups is 1. The van der Waals surface area contributed by atoms with Gasteiger partial charge in [0.25, 0.3) is 5.91 Å². The topological polar surface area (TPSA) is 82.4 Å². The zero-order valence-electron chi connectivity index (χ0n) is 20.5. The van der Waals surface area contributed by atoms with Crippen LogP contribution in [0.3, 0.4) is 0 Å². The number of phenols is 2. The molecule has 2 aromatic carbocycles. The number of hydrogen-bond donors (Lipinski definition) is 2.